The highest BCUT2D eigenvalue weighted by Gasteiger charge is 2.40. The predicted molar refractivity (Wildman–Crippen MR) is 112 cm³/mol. The summed E-state index contributed by atoms with van der Waals surface area (Å²) in [6, 6.07) is 5.92. The van der Waals surface area contributed by atoms with Crippen molar-refractivity contribution in [1.82, 2.24) is 0 Å². The maximum absolute atomic E-state index is 12.5. The molecule has 1 aliphatic rings. The average Bonchev–Trinajstić information content (AvgIpc) is 2.62. The third kappa shape index (κ3) is 5.66. The van der Waals surface area contributed by atoms with Crippen LogP contribution in [0, 0.1) is 11.3 Å². The van der Waals surface area contributed by atoms with Gasteiger partial charge in [-0.05, 0) is 49.8 Å². The number of benzene rings is 1. The van der Waals surface area contributed by atoms with Crippen LogP contribution in [0.1, 0.15) is 59.4 Å². The zero-order chi connectivity index (χ0) is 20.7. The van der Waals surface area contributed by atoms with Gasteiger partial charge in [-0.15, -0.1) is 0 Å². The van der Waals surface area contributed by atoms with Gasteiger partial charge in [-0.1, -0.05) is 26.8 Å². The number of ketones is 2. The van der Waals surface area contributed by atoms with Crippen molar-refractivity contribution < 1.29 is 19.1 Å². The molecule has 0 aliphatic heterocycles. The lowest BCUT2D eigenvalue weighted by Gasteiger charge is -2.34. The van der Waals surface area contributed by atoms with Crippen molar-refractivity contribution in [3.8, 4) is 11.5 Å². The van der Waals surface area contributed by atoms with Gasteiger partial charge in [-0.3, -0.25) is 14.6 Å². The molecule has 1 saturated carbocycles. The largest absolute Gasteiger partial charge is 0.490 e. The van der Waals surface area contributed by atoms with Gasteiger partial charge in [0, 0.05) is 25.1 Å². The molecule has 0 bridgehead atoms. The van der Waals surface area contributed by atoms with Gasteiger partial charge in [0.1, 0.15) is 17.5 Å². The zero-order valence-electron chi connectivity index (χ0n) is 17.8. The molecule has 0 N–H and O–H groups in total. The molecule has 1 aromatic rings. The van der Waals surface area contributed by atoms with Gasteiger partial charge in [0.05, 0.1) is 13.2 Å². The van der Waals surface area contributed by atoms with E-state index in [9.17, 15) is 9.59 Å². The Balaban J connectivity index is 2.15. The molecule has 2 rings (SSSR count). The number of Topliss-reactive ketones (excluding diaryl/α,β-unsaturated/α-hetero) is 2. The highest BCUT2D eigenvalue weighted by atomic mass is 16.5. The van der Waals surface area contributed by atoms with Gasteiger partial charge in [-0.25, -0.2) is 0 Å². The van der Waals surface area contributed by atoms with Crippen LogP contribution in [0.5, 0.6) is 11.5 Å². The Labute approximate surface area is 168 Å². The lowest BCUT2D eigenvalue weighted by atomic mass is 9.69. The maximum atomic E-state index is 12.5. The fraction of sp³-hybridized carbons (Fsp3) is 0.609. The van der Waals surface area contributed by atoms with E-state index in [2.05, 4.69) is 13.8 Å². The topological polar surface area (TPSA) is 65.0 Å². The average molecular weight is 388 g/mol. The SMILES string of the molecule is CCOc1ccc(CCN=C2CC(C)(C)CC(=O)[C@H]2C(=O)CC)cc1OCC. The third-order valence-corrected chi connectivity index (χ3v) is 4.96. The first-order chi connectivity index (χ1) is 13.3. The van der Waals surface area contributed by atoms with Crippen LogP contribution in [0.25, 0.3) is 0 Å². The molecular formula is C23H33NO4. The Morgan fingerprint density at radius 2 is 1.79 bits per heavy atom. The van der Waals surface area contributed by atoms with E-state index in [1.54, 1.807) is 0 Å². The number of nitrogens with zero attached hydrogens (tertiary/aromatic N) is 1. The molecule has 5 heteroatoms. The summed E-state index contributed by atoms with van der Waals surface area (Å²) in [5, 5.41) is 0. The lowest BCUT2D eigenvalue weighted by molar-refractivity contribution is -0.131. The summed E-state index contributed by atoms with van der Waals surface area (Å²) in [6.07, 6.45) is 2.23. The summed E-state index contributed by atoms with van der Waals surface area (Å²) in [5.41, 5.74) is 1.71. The second-order valence-electron chi connectivity index (χ2n) is 8.01. The van der Waals surface area contributed by atoms with Crippen molar-refractivity contribution in [3.63, 3.8) is 0 Å². The molecule has 0 spiro atoms. The van der Waals surface area contributed by atoms with Gasteiger partial charge >= 0.3 is 0 Å². The fourth-order valence-corrected chi connectivity index (χ4v) is 3.71. The van der Waals surface area contributed by atoms with Crippen LogP contribution in [-0.2, 0) is 16.0 Å². The van der Waals surface area contributed by atoms with E-state index in [4.69, 9.17) is 14.5 Å². The van der Waals surface area contributed by atoms with Crippen molar-refractivity contribution >= 4 is 17.3 Å². The van der Waals surface area contributed by atoms with Crippen molar-refractivity contribution in [2.24, 2.45) is 16.3 Å². The minimum absolute atomic E-state index is 0.0149. The number of hydrogen-bond donors (Lipinski definition) is 0. The first-order valence-electron chi connectivity index (χ1n) is 10.3. The van der Waals surface area contributed by atoms with E-state index < -0.39 is 5.92 Å². The molecule has 0 unspecified atom stereocenters. The second-order valence-corrected chi connectivity index (χ2v) is 8.01. The van der Waals surface area contributed by atoms with E-state index in [1.807, 2.05) is 39.0 Å². The van der Waals surface area contributed by atoms with Gasteiger partial charge in [0.15, 0.2) is 11.5 Å². The van der Waals surface area contributed by atoms with E-state index in [1.165, 1.54) is 0 Å². The first-order valence-corrected chi connectivity index (χ1v) is 10.3. The van der Waals surface area contributed by atoms with Crippen molar-refractivity contribution in [1.29, 1.82) is 0 Å². The Morgan fingerprint density at radius 1 is 1.11 bits per heavy atom. The second kappa shape index (κ2) is 9.85. The summed E-state index contributed by atoms with van der Waals surface area (Å²) in [6.45, 7) is 11.5. The maximum Gasteiger partial charge on any atom is 0.161 e. The Bertz CT molecular complexity index is 736. The van der Waals surface area contributed by atoms with Crippen molar-refractivity contribution in [2.45, 2.75) is 60.3 Å². The summed E-state index contributed by atoms with van der Waals surface area (Å²) < 4.78 is 11.3. The zero-order valence-corrected chi connectivity index (χ0v) is 17.8. The molecule has 0 aromatic heterocycles. The number of hydrogen-bond acceptors (Lipinski definition) is 5. The number of carbonyl (C=O) groups is 2. The Morgan fingerprint density at radius 3 is 2.43 bits per heavy atom. The smallest absolute Gasteiger partial charge is 0.161 e. The molecule has 154 valence electrons. The first kappa shape index (κ1) is 22.1. The summed E-state index contributed by atoms with van der Waals surface area (Å²) >= 11 is 0. The number of ether oxygens (including phenoxy) is 2. The van der Waals surface area contributed by atoms with Crippen LogP contribution in [0.2, 0.25) is 0 Å². The van der Waals surface area contributed by atoms with Crippen LogP contribution < -0.4 is 9.47 Å². The number of aliphatic imine (C=N–C) groups is 1. The van der Waals surface area contributed by atoms with E-state index >= 15 is 0 Å². The molecule has 0 amide bonds. The number of rotatable bonds is 9. The molecular weight excluding hydrogens is 354 g/mol. The molecule has 1 aliphatic carbocycles. The minimum atomic E-state index is -0.641. The van der Waals surface area contributed by atoms with Gasteiger partial charge in [-0.2, -0.15) is 0 Å². The van der Waals surface area contributed by atoms with Crippen LogP contribution >= 0.6 is 0 Å². The molecule has 28 heavy (non-hydrogen) atoms. The summed E-state index contributed by atoms with van der Waals surface area (Å²) in [4.78, 5) is 29.6. The molecule has 0 heterocycles. The van der Waals surface area contributed by atoms with E-state index in [0.717, 1.165) is 29.2 Å². The van der Waals surface area contributed by atoms with Crippen LogP contribution in [0.4, 0.5) is 0 Å². The van der Waals surface area contributed by atoms with Crippen LogP contribution in [-0.4, -0.2) is 37.0 Å². The molecule has 1 aromatic carbocycles. The van der Waals surface area contributed by atoms with Gasteiger partial charge in [0.2, 0.25) is 0 Å². The van der Waals surface area contributed by atoms with Crippen molar-refractivity contribution in [3.05, 3.63) is 23.8 Å². The monoisotopic (exact) mass is 387 g/mol. The highest BCUT2D eigenvalue weighted by Crippen LogP contribution is 2.35. The summed E-state index contributed by atoms with van der Waals surface area (Å²) in [7, 11) is 0. The van der Waals surface area contributed by atoms with E-state index in [0.29, 0.717) is 39.0 Å². The molecule has 0 radical (unpaired) electrons. The lowest BCUT2D eigenvalue weighted by Crippen LogP contribution is -2.42. The van der Waals surface area contributed by atoms with Gasteiger partial charge < -0.3 is 9.47 Å². The molecule has 0 saturated heterocycles. The third-order valence-electron chi connectivity index (χ3n) is 4.96. The molecule has 1 atom stereocenters. The Kier molecular flexibility index (Phi) is 7.78. The number of carbonyl (C=O) groups excluding carboxylic acids is 2. The predicted octanol–water partition coefficient (Wildman–Crippen LogP) is 4.45. The van der Waals surface area contributed by atoms with Crippen molar-refractivity contribution in [2.75, 3.05) is 19.8 Å². The quantitative estimate of drug-likeness (QED) is 0.587. The fourth-order valence-electron chi connectivity index (χ4n) is 3.71. The Hall–Kier alpha value is -2.17. The van der Waals surface area contributed by atoms with Crippen LogP contribution in [0.15, 0.2) is 23.2 Å². The summed E-state index contributed by atoms with van der Waals surface area (Å²) in [5.74, 6) is 0.841. The molecule has 5 nitrogen and oxygen atoms in total. The standard InChI is InChI=1S/C23H33NO4/c1-6-18(25)22-17(14-23(4,5)15-19(22)26)24-12-11-16-9-10-20(27-7-2)21(13-16)28-8-3/h9-10,13,22H,6-8,11-12,14-15H2,1-5H3/t22-/m1/s1. The highest BCUT2D eigenvalue weighted by molar-refractivity contribution is 6.22. The molecule has 1 fully saturated rings. The normalized spacial score (nSPS) is 20.2. The van der Waals surface area contributed by atoms with Gasteiger partial charge in [0.25, 0.3) is 0 Å². The minimum Gasteiger partial charge on any atom is -0.490 e. The van der Waals surface area contributed by atoms with E-state index in [-0.39, 0.29) is 17.0 Å². The van der Waals surface area contributed by atoms with Crippen LogP contribution in [0.3, 0.4) is 0 Å².